The molecule has 0 fully saturated rings. The van der Waals surface area contributed by atoms with Gasteiger partial charge in [-0.2, -0.15) is 0 Å². The minimum absolute atomic E-state index is 0.0801. The van der Waals surface area contributed by atoms with E-state index in [-0.39, 0.29) is 17.2 Å². The first kappa shape index (κ1) is 25.2. The zero-order chi connectivity index (χ0) is 22.0. The number of allylic oxidation sites excluding steroid dienone is 9. The highest BCUT2D eigenvalue weighted by molar-refractivity contribution is 5.81. The minimum Gasteiger partial charge on any atom is -0.351 e. The number of hydrogen-bond acceptors (Lipinski definition) is 2. The van der Waals surface area contributed by atoms with Gasteiger partial charge in [0.25, 0.3) is 0 Å². The molecule has 0 radical (unpaired) electrons. The highest BCUT2D eigenvalue weighted by Gasteiger charge is 2.26. The number of carbonyl (C=O) groups excluding carboxylic acids is 1. The van der Waals surface area contributed by atoms with Gasteiger partial charge >= 0.3 is 0 Å². The maximum atomic E-state index is 12.0. The van der Waals surface area contributed by atoms with Crippen LogP contribution in [0.1, 0.15) is 74.1 Å². The first-order valence-corrected chi connectivity index (χ1v) is 11.0. The van der Waals surface area contributed by atoms with Crippen molar-refractivity contribution in [2.75, 3.05) is 6.54 Å². The molecule has 162 valence electrons. The topological polar surface area (TPSA) is 55.1 Å². The zero-order valence-corrected chi connectivity index (χ0v) is 19.6. The summed E-state index contributed by atoms with van der Waals surface area (Å²) in [5.41, 5.74) is 11.6. The second-order valence-corrected chi connectivity index (χ2v) is 9.14. The van der Waals surface area contributed by atoms with Crippen molar-refractivity contribution in [1.82, 2.24) is 5.32 Å². The fourth-order valence-corrected chi connectivity index (χ4v) is 3.64. The van der Waals surface area contributed by atoms with E-state index in [1.807, 2.05) is 26.8 Å². The van der Waals surface area contributed by atoms with Crippen LogP contribution in [-0.2, 0) is 4.79 Å². The molecule has 0 spiro atoms. The van der Waals surface area contributed by atoms with Crippen LogP contribution in [0.5, 0.6) is 0 Å². The molecule has 1 unspecified atom stereocenters. The molecule has 0 aromatic heterocycles. The average Bonchev–Trinajstić information content (AvgIpc) is 2.65. The molecule has 0 saturated heterocycles. The zero-order valence-electron chi connectivity index (χ0n) is 19.6. The summed E-state index contributed by atoms with van der Waals surface area (Å²) in [5.74, 6) is 0.114. The summed E-state index contributed by atoms with van der Waals surface area (Å²) >= 11 is 0. The molecular formula is C26H42N2O. The molecule has 0 bridgehead atoms. The predicted octanol–water partition coefficient (Wildman–Crippen LogP) is 6.01. The van der Waals surface area contributed by atoms with Gasteiger partial charge in [-0.25, -0.2) is 0 Å². The quantitative estimate of drug-likeness (QED) is 0.467. The monoisotopic (exact) mass is 398 g/mol. The van der Waals surface area contributed by atoms with E-state index < -0.39 is 6.04 Å². The van der Waals surface area contributed by atoms with Gasteiger partial charge in [0.1, 0.15) is 0 Å². The summed E-state index contributed by atoms with van der Waals surface area (Å²) in [6.07, 6.45) is 17.4. The standard InChI is InChI=1S/C26H42N2O/c1-8-21(4)24(27)25(29)28-18-16-20(3)12-9-11-19(2)14-15-23-22(5)13-10-17-26(23,6)7/h9,11-12,14-16,21,24H,8,10,13,17-18,27H2,1-7H3,(H,28,29)/b12-9+,15-14+,19-11+,20-16+/t21?,24-/m0/s1. The Morgan fingerprint density at radius 1 is 1.24 bits per heavy atom. The van der Waals surface area contributed by atoms with E-state index in [0.717, 1.165) is 12.0 Å². The van der Waals surface area contributed by atoms with Gasteiger partial charge in [0.05, 0.1) is 6.04 Å². The van der Waals surface area contributed by atoms with Crippen LogP contribution in [-0.4, -0.2) is 18.5 Å². The molecule has 29 heavy (non-hydrogen) atoms. The lowest BCUT2D eigenvalue weighted by molar-refractivity contribution is -0.123. The molecule has 3 N–H and O–H groups in total. The molecular weight excluding hydrogens is 356 g/mol. The fraction of sp³-hybridized carbons (Fsp3) is 0.577. The van der Waals surface area contributed by atoms with Crippen molar-refractivity contribution < 1.29 is 4.79 Å². The Hall–Kier alpha value is -1.87. The fourth-order valence-electron chi connectivity index (χ4n) is 3.64. The molecule has 0 aromatic rings. The Kier molecular flexibility index (Phi) is 10.4. The molecule has 0 aromatic carbocycles. The third-order valence-corrected chi connectivity index (χ3v) is 6.03. The molecule has 1 amide bonds. The number of rotatable bonds is 9. The largest absolute Gasteiger partial charge is 0.351 e. The molecule has 1 rings (SSSR count). The van der Waals surface area contributed by atoms with Crippen molar-refractivity contribution in [2.24, 2.45) is 17.1 Å². The Morgan fingerprint density at radius 2 is 1.93 bits per heavy atom. The van der Waals surface area contributed by atoms with E-state index in [2.05, 4.69) is 63.4 Å². The van der Waals surface area contributed by atoms with E-state index in [9.17, 15) is 4.79 Å². The van der Waals surface area contributed by atoms with Gasteiger partial charge in [-0.05, 0) is 56.9 Å². The predicted molar refractivity (Wildman–Crippen MR) is 127 cm³/mol. The number of amides is 1. The molecule has 0 heterocycles. The van der Waals surface area contributed by atoms with Crippen molar-refractivity contribution in [3.8, 4) is 0 Å². The second kappa shape index (κ2) is 12.0. The summed E-state index contributed by atoms with van der Waals surface area (Å²) in [6, 6.07) is -0.436. The second-order valence-electron chi connectivity index (χ2n) is 9.14. The van der Waals surface area contributed by atoms with Crippen molar-refractivity contribution >= 4 is 5.91 Å². The summed E-state index contributed by atoms with van der Waals surface area (Å²) in [7, 11) is 0. The van der Waals surface area contributed by atoms with E-state index in [1.54, 1.807) is 0 Å². The first-order chi connectivity index (χ1) is 13.6. The molecule has 0 aliphatic heterocycles. The highest BCUT2D eigenvalue weighted by atomic mass is 16.2. The van der Waals surface area contributed by atoms with Gasteiger partial charge in [0.15, 0.2) is 0 Å². The average molecular weight is 399 g/mol. The van der Waals surface area contributed by atoms with Crippen LogP contribution in [0, 0.1) is 11.3 Å². The Morgan fingerprint density at radius 3 is 2.55 bits per heavy atom. The van der Waals surface area contributed by atoms with E-state index >= 15 is 0 Å². The van der Waals surface area contributed by atoms with Crippen LogP contribution >= 0.6 is 0 Å². The maximum absolute atomic E-state index is 12.0. The number of nitrogens with one attached hydrogen (secondary N) is 1. The Labute approximate surface area is 178 Å². The molecule has 3 heteroatoms. The van der Waals surface area contributed by atoms with Gasteiger partial charge < -0.3 is 11.1 Å². The van der Waals surface area contributed by atoms with Crippen molar-refractivity contribution in [3.05, 3.63) is 58.7 Å². The molecule has 2 atom stereocenters. The third-order valence-electron chi connectivity index (χ3n) is 6.03. The molecule has 3 nitrogen and oxygen atoms in total. The van der Waals surface area contributed by atoms with Crippen molar-refractivity contribution in [3.63, 3.8) is 0 Å². The van der Waals surface area contributed by atoms with Gasteiger partial charge in [0.2, 0.25) is 5.91 Å². The SMILES string of the molecule is CCC(C)[C@H](N)C(=O)NC/C=C(C)/C=C/C=C(C)/C=C/C1=C(C)CCCC1(C)C. The van der Waals surface area contributed by atoms with Crippen LogP contribution < -0.4 is 11.1 Å². The van der Waals surface area contributed by atoms with Crippen LogP contribution in [0.3, 0.4) is 0 Å². The summed E-state index contributed by atoms with van der Waals surface area (Å²) in [6.45, 7) is 15.7. The van der Waals surface area contributed by atoms with Crippen molar-refractivity contribution in [2.45, 2.75) is 80.2 Å². The third kappa shape index (κ3) is 8.57. The lowest BCUT2D eigenvalue weighted by Crippen LogP contribution is -2.44. The van der Waals surface area contributed by atoms with Crippen LogP contribution in [0.25, 0.3) is 0 Å². The van der Waals surface area contributed by atoms with Crippen LogP contribution in [0.15, 0.2) is 58.7 Å². The Balaban J connectivity index is 2.58. The molecule has 0 saturated carbocycles. The normalized spacial score (nSPS) is 20.4. The van der Waals surface area contributed by atoms with Gasteiger partial charge in [-0.1, -0.05) is 87.3 Å². The summed E-state index contributed by atoms with van der Waals surface area (Å²) in [4.78, 5) is 12.0. The van der Waals surface area contributed by atoms with E-state index in [0.29, 0.717) is 6.54 Å². The van der Waals surface area contributed by atoms with Crippen molar-refractivity contribution in [1.29, 1.82) is 0 Å². The lowest BCUT2D eigenvalue weighted by atomic mass is 9.72. The number of carbonyl (C=O) groups is 1. The summed E-state index contributed by atoms with van der Waals surface area (Å²) in [5, 5.41) is 2.89. The van der Waals surface area contributed by atoms with Gasteiger partial charge in [-0.3, -0.25) is 4.79 Å². The lowest BCUT2D eigenvalue weighted by Gasteiger charge is -2.32. The smallest absolute Gasteiger partial charge is 0.237 e. The maximum Gasteiger partial charge on any atom is 0.237 e. The van der Waals surface area contributed by atoms with E-state index in [1.165, 1.54) is 36.0 Å². The minimum atomic E-state index is -0.436. The molecule has 1 aliphatic carbocycles. The number of hydrogen-bond donors (Lipinski definition) is 2. The highest BCUT2D eigenvalue weighted by Crippen LogP contribution is 2.40. The molecule has 1 aliphatic rings. The number of nitrogens with two attached hydrogens (primary N) is 1. The van der Waals surface area contributed by atoms with Gasteiger partial charge in [0, 0.05) is 6.54 Å². The van der Waals surface area contributed by atoms with E-state index in [4.69, 9.17) is 5.73 Å². The van der Waals surface area contributed by atoms with Crippen LogP contribution in [0.2, 0.25) is 0 Å². The first-order valence-electron chi connectivity index (χ1n) is 11.0. The van der Waals surface area contributed by atoms with Crippen LogP contribution in [0.4, 0.5) is 0 Å². The Bertz CT molecular complexity index is 704. The summed E-state index contributed by atoms with van der Waals surface area (Å²) < 4.78 is 0. The van der Waals surface area contributed by atoms with Gasteiger partial charge in [-0.15, -0.1) is 0 Å².